The molecule has 2 saturated heterocycles. The molecule has 0 atom stereocenters. The summed E-state index contributed by atoms with van der Waals surface area (Å²) in [5.41, 5.74) is 0.166. The lowest BCUT2D eigenvalue weighted by Gasteiger charge is -2.40. The van der Waals surface area contributed by atoms with Gasteiger partial charge in [-0.2, -0.15) is 0 Å². The fraction of sp³-hybridized carbons (Fsp3) is 0.571. The summed E-state index contributed by atoms with van der Waals surface area (Å²) in [5.74, 6) is 0.104. The second kappa shape index (κ2) is 5.11. The lowest BCUT2D eigenvalue weighted by molar-refractivity contribution is -0.125. The summed E-state index contributed by atoms with van der Waals surface area (Å²) in [5, 5.41) is 7.10. The number of amides is 1. The van der Waals surface area contributed by atoms with Crippen molar-refractivity contribution < 1.29 is 4.79 Å². The van der Waals surface area contributed by atoms with Gasteiger partial charge in [-0.3, -0.25) is 15.1 Å². The molecule has 2 fully saturated rings. The molecule has 0 unspecified atom stereocenters. The molecule has 114 valence electrons. The van der Waals surface area contributed by atoms with Gasteiger partial charge in [-0.15, -0.1) is 0 Å². The number of rotatable bonds is 1. The van der Waals surface area contributed by atoms with Crippen molar-refractivity contribution in [3.05, 3.63) is 21.9 Å². The molecule has 0 aliphatic carbocycles. The summed E-state index contributed by atoms with van der Waals surface area (Å²) in [6.07, 6.45) is 4.91. The van der Waals surface area contributed by atoms with Crippen LogP contribution in [-0.2, 0) is 4.79 Å². The summed E-state index contributed by atoms with van der Waals surface area (Å²) in [6.45, 7) is 5.53. The van der Waals surface area contributed by atoms with E-state index in [4.69, 9.17) is 11.6 Å². The van der Waals surface area contributed by atoms with E-state index in [1.54, 1.807) is 12.4 Å². The number of nitrogens with zero attached hydrogens (tertiary/aromatic N) is 2. The van der Waals surface area contributed by atoms with Crippen LogP contribution in [0.3, 0.4) is 0 Å². The van der Waals surface area contributed by atoms with Gasteiger partial charge in [-0.25, -0.2) is 0 Å². The largest absolute Gasteiger partial charge is 0.369 e. The van der Waals surface area contributed by atoms with Gasteiger partial charge in [0.05, 0.1) is 20.8 Å². The topological polar surface area (TPSA) is 57.3 Å². The first-order chi connectivity index (χ1) is 9.83. The molecular weight excluding hydrogens is 356 g/mol. The number of aromatic nitrogens is 1. The molecule has 3 heterocycles. The Balaban J connectivity index is 1.78. The average molecular weight is 374 g/mol. The smallest absolute Gasteiger partial charge is 0.241 e. The molecule has 2 aliphatic rings. The van der Waals surface area contributed by atoms with Crippen molar-refractivity contribution in [2.45, 2.75) is 37.9 Å². The molecular formula is C14H18BrClN4O. The van der Waals surface area contributed by atoms with E-state index in [-0.39, 0.29) is 11.6 Å². The van der Waals surface area contributed by atoms with E-state index >= 15 is 0 Å². The van der Waals surface area contributed by atoms with Gasteiger partial charge in [-0.05, 0) is 42.6 Å². The molecule has 1 spiro atoms. The van der Waals surface area contributed by atoms with Crippen molar-refractivity contribution in [2.24, 2.45) is 0 Å². The second-order valence-corrected chi connectivity index (χ2v) is 7.49. The number of hydrogen-bond acceptors (Lipinski definition) is 4. The van der Waals surface area contributed by atoms with Crippen molar-refractivity contribution in [3.63, 3.8) is 0 Å². The Labute approximate surface area is 137 Å². The first kappa shape index (κ1) is 15.1. The summed E-state index contributed by atoms with van der Waals surface area (Å²) in [7, 11) is 0. The third kappa shape index (κ3) is 2.64. The fourth-order valence-electron chi connectivity index (χ4n) is 3.26. The van der Waals surface area contributed by atoms with Crippen LogP contribution in [0.4, 0.5) is 5.69 Å². The molecule has 5 nitrogen and oxygen atoms in total. The lowest BCUT2D eigenvalue weighted by Crippen LogP contribution is -2.56. The van der Waals surface area contributed by atoms with Gasteiger partial charge in [0.15, 0.2) is 0 Å². The van der Waals surface area contributed by atoms with E-state index in [1.807, 2.05) is 13.8 Å². The van der Waals surface area contributed by atoms with E-state index in [0.717, 1.165) is 36.1 Å². The Bertz CT molecular complexity index is 564. The molecule has 2 N–H and O–H groups in total. The van der Waals surface area contributed by atoms with Crippen molar-refractivity contribution in [2.75, 3.05) is 18.0 Å². The summed E-state index contributed by atoms with van der Waals surface area (Å²) >= 11 is 9.76. The average Bonchev–Trinajstić information content (AvgIpc) is 2.61. The number of hydrogen-bond donors (Lipinski definition) is 2. The zero-order valence-corrected chi connectivity index (χ0v) is 14.4. The van der Waals surface area contributed by atoms with Gasteiger partial charge < -0.3 is 10.2 Å². The number of carbonyl (C=O) groups excluding carboxylic acids is 1. The van der Waals surface area contributed by atoms with Gasteiger partial charge in [0.25, 0.3) is 0 Å². The first-order valence-electron chi connectivity index (χ1n) is 6.99. The summed E-state index contributed by atoms with van der Waals surface area (Å²) in [4.78, 5) is 18.6. The quantitative estimate of drug-likeness (QED) is 0.793. The monoisotopic (exact) mass is 372 g/mol. The van der Waals surface area contributed by atoms with Crippen LogP contribution in [0, 0.1) is 0 Å². The van der Waals surface area contributed by atoms with E-state index in [0.29, 0.717) is 5.02 Å². The molecule has 0 aromatic carbocycles. The number of pyridine rings is 1. The maximum Gasteiger partial charge on any atom is 0.241 e. The zero-order valence-electron chi connectivity index (χ0n) is 12.0. The van der Waals surface area contributed by atoms with Gasteiger partial charge in [0.1, 0.15) is 5.54 Å². The highest BCUT2D eigenvalue weighted by atomic mass is 79.9. The zero-order chi connectivity index (χ0) is 15.3. The third-order valence-electron chi connectivity index (χ3n) is 4.17. The number of piperidine rings is 1. The van der Waals surface area contributed by atoms with Crippen LogP contribution in [0.1, 0.15) is 26.7 Å². The molecule has 0 saturated carbocycles. The standard InChI is InChI=1S/C14H18BrClN4O/c1-13(2)18-12(21)14(19-13)3-5-20(6-4-14)11-9(15)7-17-8-10(11)16/h7-8,19H,3-6H2,1-2H3,(H,18,21). The Kier molecular flexibility index (Phi) is 3.66. The van der Waals surface area contributed by atoms with Crippen LogP contribution in [0.25, 0.3) is 0 Å². The van der Waals surface area contributed by atoms with Crippen LogP contribution in [0.5, 0.6) is 0 Å². The van der Waals surface area contributed by atoms with Crippen molar-refractivity contribution >= 4 is 39.1 Å². The van der Waals surface area contributed by atoms with Crippen LogP contribution < -0.4 is 15.5 Å². The normalized spacial score (nSPS) is 23.4. The Morgan fingerprint density at radius 1 is 1.33 bits per heavy atom. The Morgan fingerprint density at radius 2 is 2.00 bits per heavy atom. The fourth-order valence-corrected chi connectivity index (χ4v) is 4.23. The number of halogens is 2. The molecule has 0 radical (unpaired) electrons. The second-order valence-electron chi connectivity index (χ2n) is 6.23. The van der Waals surface area contributed by atoms with Gasteiger partial charge in [0, 0.05) is 25.5 Å². The van der Waals surface area contributed by atoms with Crippen molar-refractivity contribution in [3.8, 4) is 0 Å². The third-order valence-corrected chi connectivity index (χ3v) is 5.03. The predicted octanol–water partition coefficient (Wildman–Crippen LogP) is 2.29. The van der Waals surface area contributed by atoms with Gasteiger partial charge in [-0.1, -0.05) is 11.6 Å². The van der Waals surface area contributed by atoms with E-state index in [9.17, 15) is 4.79 Å². The highest BCUT2D eigenvalue weighted by Crippen LogP contribution is 2.37. The number of anilines is 1. The molecule has 1 amide bonds. The molecule has 2 aliphatic heterocycles. The minimum atomic E-state index is -0.452. The SMILES string of the molecule is CC1(C)NC(=O)C2(CCN(c3c(Cl)cncc3Br)CC2)N1. The van der Waals surface area contributed by atoms with Crippen LogP contribution in [0.2, 0.25) is 5.02 Å². The van der Waals surface area contributed by atoms with Crippen LogP contribution >= 0.6 is 27.5 Å². The minimum Gasteiger partial charge on any atom is -0.369 e. The van der Waals surface area contributed by atoms with Crippen LogP contribution in [0.15, 0.2) is 16.9 Å². The molecule has 0 bridgehead atoms. The molecule has 1 aromatic heterocycles. The molecule has 3 rings (SSSR count). The number of nitrogens with one attached hydrogen (secondary N) is 2. The highest BCUT2D eigenvalue weighted by molar-refractivity contribution is 9.10. The van der Waals surface area contributed by atoms with Gasteiger partial charge >= 0.3 is 0 Å². The van der Waals surface area contributed by atoms with E-state index in [2.05, 4.69) is 36.4 Å². The molecule has 21 heavy (non-hydrogen) atoms. The molecule has 1 aromatic rings. The summed E-state index contributed by atoms with van der Waals surface area (Å²) in [6, 6.07) is 0. The van der Waals surface area contributed by atoms with Crippen LogP contribution in [-0.4, -0.2) is 35.2 Å². The maximum absolute atomic E-state index is 12.3. The van der Waals surface area contributed by atoms with Gasteiger partial charge in [0.2, 0.25) is 5.91 Å². The van der Waals surface area contributed by atoms with E-state index < -0.39 is 5.54 Å². The Hall–Kier alpha value is -0.850. The predicted molar refractivity (Wildman–Crippen MR) is 86.5 cm³/mol. The Morgan fingerprint density at radius 3 is 2.52 bits per heavy atom. The van der Waals surface area contributed by atoms with Crippen molar-refractivity contribution in [1.82, 2.24) is 15.6 Å². The van der Waals surface area contributed by atoms with E-state index in [1.165, 1.54) is 0 Å². The first-order valence-corrected chi connectivity index (χ1v) is 8.16. The van der Waals surface area contributed by atoms with Crippen molar-refractivity contribution in [1.29, 1.82) is 0 Å². The highest BCUT2D eigenvalue weighted by Gasteiger charge is 2.50. The maximum atomic E-state index is 12.3. The lowest BCUT2D eigenvalue weighted by atomic mass is 9.87. The molecule has 7 heteroatoms. The minimum absolute atomic E-state index is 0.104. The number of carbonyl (C=O) groups is 1. The summed E-state index contributed by atoms with van der Waals surface area (Å²) < 4.78 is 0.884.